The molecule has 0 aromatic heterocycles. The Kier molecular flexibility index (Phi) is 5.22. The summed E-state index contributed by atoms with van der Waals surface area (Å²) in [7, 11) is -3.60. The fourth-order valence-corrected chi connectivity index (χ4v) is 3.28. The van der Waals surface area contributed by atoms with Crippen LogP contribution in [0.4, 0.5) is 8.78 Å². The molecule has 0 spiro atoms. The highest BCUT2D eigenvalue weighted by molar-refractivity contribution is 7.91. The Morgan fingerprint density at radius 2 is 1.89 bits per heavy atom. The molecular formula is C12H17F2NO2S. The molecule has 0 bridgehead atoms. The number of sulfone groups is 1. The van der Waals surface area contributed by atoms with E-state index in [0.29, 0.717) is 13.0 Å². The van der Waals surface area contributed by atoms with E-state index in [1.165, 1.54) is 0 Å². The van der Waals surface area contributed by atoms with E-state index in [0.717, 1.165) is 18.2 Å². The van der Waals surface area contributed by atoms with Gasteiger partial charge in [-0.05, 0) is 31.2 Å². The van der Waals surface area contributed by atoms with Crippen molar-refractivity contribution in [1.29, 1.82) is 0 Å². The van der Waals surface area contributed by atoms with Gasteiger partial charge in [-0.3, -0.25) is 0 Å². The SMILES string of the molecule is CCNC(CC)CS(=O)(=O)c1ccc(F)c(F)c1. The van der Waals surface area contributed by atoms with Crippen molar-refractivity contribution in [2.75, 3.05) is 12.3 Å². The van der Waals surface area contributed by atoms with Gasteiger partial charge in [0.1, 0.15) is 0 Å². The van der Waals surface area contributed by atoms with Gasteiger partial charge in [-0.2, -0.15) is 0 Å². The second-order valence-electron chi connectivity index (χ2n) is 4.02. The summed E-state index contributed by atoms with van der Waals surface area (Å²) in [6.07, 6.45) is 0.650. The van der Waals surface area contributed by atoms with Crippen molar-refractivity contribution in [3.05, 3.63) is 29.8 Å². The highest BCUT2D eigenvalue weighted by Gasteiger charge is 2.21. The van der Waals surface area contributed by atoms with Gasteiger partial charge in [-0.25, -0.2) is 17.2 Å². The van der Waals surface area contributed by atoms with E-state index in [4.69, 9.17) is 0 Å². The van der Waals surface area contributed by atoms with Crippen LogP contribution in [0.1, 0.15) is 20.3 Å². The quantitative estimate of drug-likeness (QED) is 0.810. The van der Waals surface area contributed by atoms with Gasteiger partial charge < -0.3 is 5.32 Å². The van der Waals surface area contributed by atoms with Gasteiger partial charge in [0.2, 0.25) is 0 Å². The largest absolute Gasteiger partial charge is 0.313 e. The number of nitrogens with one attached hydrogen (secondary N) is 1. The van der Waals surface area contributed by atoms with Crippen LogP contribution >= 0.6 is 0 Å². The number of hydrogen-bond donors (Lipinski definition) is 1. The summed E-state index contributed by atoms with van der Waals surface area (Å²) in [5.41, 5.74) is 0. The maximum atomic E-state index is 13.0. The van der Waals surface area contributed by atoms with Gasteiger partial charge in [0.25, 0.3) is 0 Å². The van der Waals surface area contributed by atoms with E-state index in [9.17, 15) is 17.2 Å². The van der Waals surface area contributed by atoms with Crippen LogP contribution in [0.2, 0.25) is 0 Å². The zero-order chi connectivity index (χ0) is 13.8. The van der Waals surface area contributed by atoms with Crippen LogP contribution in [0.15, 0.2) is 23.1 Å². The second-order valence-corrected chi connectivity index (χ2v) is 6.05. The van der Waals surface area contributed by atoms with Gasteiger partial charge in [-0.1, -0.05) is 13.8 Å². The van der Waals surface area contributed by atoms with Gasteiger partial charge >= 0.3 is 0 Å². The molecule has 0 aliphatic rings. The lowest BCUT2D eigenvalue weighted by molar-refractivity contribution is 0.503. The minimum atomic E-state index is -3.60. The topological polar surface area (TPSA) is 46.2 Å². The summed E-state index contributed by atoms with van der Waals surface area (Å²) in [4.78, 5) is -0.183. The van der Waals surface area contributed by atoms with Crippen molar-refractivity contribution in [2.24, 2.45) is 0 Å². The molecule has 102 valence electrons. The van der Waals surface area contributed by atoms with Crippen molar-refractivity contribution in [2.45, 2.75) is 31.2 Å². The number of benzene rings is 1. The fourth-order valence-electron chi connectivity index (χ4n) is 1.64. The van der Waals surface area contributed by atoms with E-state index < -0.39 is 21.5 Å². The molecule has 1 aromatic rings. The predicted molar refractivity (Wildman–Crippen MR) is 66.2 cm³/mol. The van der Waals surface area contributed by atoms with E-state index in [-0.39, 0.29) is 16.7 Å². The lowest BCUT2D eigenvalue weighted by atomic mass is 10.2. The van der Waals surface area contributed by atoms with Gasteiger partial charge in [0.15, 0.2) is 21.5 Å². The van der Waals surface area contributed by atoms with Crippen molar-refractivity contribution in [3.63, 3.8) is 0 Å². The third kappa shape index (κ3) is 3.74. The molecule has 6 heteroatoms. The molecule has 0 aliphatic heterocycles. The average Bonchev–Trinajstić information content (AvgIpc) is 2.31. The van der Waals surface area contributed by atoms with E-state index in [2.05, 4.69) is 5.32 Å². The molecule has 1 unspecified atom stereocenters. The van der Waals surface area contributed by atoms with Crippen LogP contribution in [0.3, 0.4) is 0 Å². The standard InChI is InChI=1S/C12H17F2NO2S/c1-3-9(15-4-2)8-18(16,17)10-5-6-11(13)12(14)7-10/h5-7,9,15H,3-4,8H2,1-2H3. The second kappa shape index (κ2) is 6.24. The first kappa shape index (κ1) is 15.0. The number of halogens is 2. The molecule has 1 N–H and O–H groups in total. The lowest BCUT2D eigenvalue weighted by Gasteiger charge is -2.15. The molecule has 0 saturated carbocycles. The normalized spacial score (nSPS) is 13.6. The molecule has 18 heavy (non-hydrogen) atoms. The van der Waals surface area contributed by atoms with E-state index >= 15 is 0 Å². The molecule has 0 amide bonds. The highest BCUT2D eigenvalue weighted by atomic mass is 32.2. The zero-order valence-electron chi connectivity index (χ0n) is 10.4. The maximum absolute atomic E-state index is 13.0. The molecule has 3 nitrogen and oxygen atoms in total. The summed E-state index contributed by atoms with van der Waals surface area (Å²) < 4.78 is 49.8. The van der Waals surface area contributed by atoms with Crippen molar-refractivity contribution in [3.8, 4) is 0 Å². The molecule has 0 fully saturated rings. The first-order valence-electron chi connectivity index (χ1n) is 5.82. The van der Waals surface area contributed by atoms with Crippen LogP contribution in [-0.4, -0.2) is 26.8 Å². The number of rotatable bonds is 6. The molecule has 0 heterocycles. The molecule has 1 atom stereocenters. The average molecular weight is 277 g/mol. The highest BCUT2D eigenvalue weighted by Crippen LogP contribution is 2.16. The fraction of sp³-hybridized carbons (Fsp3) is 0.500. The van der Waals surface area contributed by atoms with Crippen LogP contribution in [0.25, 0.3) is 0 Å². The van der Waals surface area contributed by atoms with Crippen LogP contribution in [0, 0.1) is 11.6 Å². The predicted octanol–water partition coefficient (Wildman–Crippen LogP) is 2.13. The van der Waals surface area contributed by atoms with Crippen molar-refractivity contribution >= 4 is 9.84 Å². The smallest absolute Gasteiger partial charge is 0.180 e. The third-order valence-corrected chi connectivity index (χ3v) is 4.47. The monoisotopic (exact) mass is 277 g/mol. The minimum absolute atomic E-state index is 0.123. The van der Waals surface area contributed by atoms with Gasteiger partial charge in [0.05, 0.1) is 10.6 Å². The number of hydrogen-bond acceptors (Lipinski definition) is 3. The Morgan fingerprint density at radius 3 is 2.39 bits per heavy atom. The molecule has 0 saturated heterocycles. The summed E-state index contributed by atoms with van der Waals surface area (Å²) in [6.45, 7) is 4.41. The molecule has 0 radical (unpaired) electrons. The maximum Gasteiger partial charge on any atom is 0.180 e. The summed E-state index contributed by atoms with van der Waals surface area (Å²) in [6, 6.07) is 2.46. The Balaban J connectivity index is 2.95. The van der Waals surface area contributed by atoms with Gasteiger partial charge in [0, 0.05) is 6.04 Å². The molecular weight excluding hydrogens is 260 g/mol. The lowest BCUT2D eigenvalue weighted by Crippen LogP contribution is -2.35. The summed E-state index contributed by atoms with van der Waals surface area (Å²) in [5.74, 6) is -2.32. The Bertz CT molecular complexity index is 503. The van der Waals surface area contributed by atoms with E-state index in [1.54, 1.807) is 0 Å². The Hall–Kier alpha value is -1.01. The first-order chi connectivity index (χ1) is 8.40. The van der Waals surface area contributed by atoms with Crippen molar-refractivity contribution < 1.29 is 17.2 Å². The van der Waals surface area contributed by atoms with Gasteiger partial charge in [-0.15, -0.1) is 0 Å². The zero-order valence-corrected chi connectivity index (χ0v) is 11.2. The van der Waals surface area contributed by atoms with E-state index in [1.807, 2.05) is 13.8 Å². The summed E-state index contributed by atoms with van der Waals surface area (Å²) in [5, 5.41) is 3.04. The molecule has 0 aliphatic carbocycles. The minimum Gasteiger partial charge on any atom is -0.313 e. The third-order valence-electron chi connectivity index (χ3n) is 2.66. The van der Waals surface area contributed by atoms with Crippen LogP contribution in [-0.2, 0) is 9.84 Å². The molecule has 1 rings (SSSR count). The first-order valence-corrected chi connectivity index (χ1v) is 7.47. The summed E-state index contributed by atoms with van der Waals surface area (Å²) >= 11 is 0. The molecule has 1 aromatic carbocycles. The van der Waals surface area contributed by atoms with Crippen molar-refractivity contribution in [1.82, 2.24) is 5.32 Å². The Morgan fingerprint density at radius 1 is 1.22 bits per heavy atom. The van der Waals surface area contributed by atoms with Crippen LogP contribution < -0.4 is 5.32 Å². The van der Waals surface area contributed by atoms with Crippen LogP contribution in [0.5, 0.6) is 0 Å². The Labute approximate surface area is 106 Å².